The van der Waals surface area contributed by atoms with Gasteiger partial charge in [-0.1, -0.05) is 44.2 Å². The zero-order valence-corrected chi connectivity index (χ0v) is 17.2. The summed E-state index contributed by atoms with van der Waals surface area (Å²) in [5.41, 5.74) is 4.84. The van der Waals surface area contributed by atoms with Crippen LogP contribution >= 0.6 is 0 Å². The zero-order valence-electron chi connectivity index (χ0n) is 16.4. The van der Waals surface area contributed by atoms with Crippen LogP contribution in [0.2, 0.25) is 0 Å². The maximum Gasteiger partial charge on any atom is 0.261 e. The molecule has 0 aliphatic carbocycles. The number of hydrogen-bond acceptors (Lipinski definition) is 4. The fourth-order valence-electron chi connectivity index (χ4n) is 3.06. The van der Waals surface area contributed by atoms with Gasteiger partial charge in [-0.25, -0.2) is 13.4 Å². The number of sulfonamides is 1. The minimum atomic E-state index is -3.64. The van der Waals surface area contributed by atoms with Crippen LogP contribution < -0.4 is 10.0 Å². The molecular formula is C22H25N3O2S. The smallest absolute Gasteiger partial charge is 0.261 e. The minimum absolute atomic E-state index is 0.235. The Kier molecular flexibility index (Phi) is 5.99. The average Bonchev–Trinajstić information content (AvgIpc) is 2.69. The molecule has 0 spiro atoms. The van der Waals surface area contributed by atoms with E-state index in [1.807, 2.05) is 13.0 Å². The SMILES string of the molecule is CCc1cccc(CC)c1Nc1ccc(NS(=O)(=O)c2cccc(C)c2)cn1. The molecule has 2 aromatic carbocycles. The van der Waals surface area contributed by atoms with Gasteiger partial charge in [-0.05, 0) is 60.7 Å². The van der Waals surface area contributed by atoms with Crippen molar-refractivity contribution < 1.29 is 8.42 Å². The Hall–Kier alpha value is -2.86. The maximum absolute atomic E-state index is 12.5. The van der Waals surface area contributed by atoms with Gasteiger partial charge in [0.2, 0.25) is 0 Å². The molecule has 5 nitrogen and oxygen atoms in total. The summed E-state index contributed by atoms with van der Waals surface area (Å²) in [6.45, 7) is 6.10. The maximum atomic E-state index is 12.5. The summed E-state index contributed by atoms with van der Waals surface area (Å²) in [7, 11) is -3.64. The number of rotatable bonds is 7. The highest BCUT2D eigenvalue weighted by molar-refractivity contribution is 7.92. The van der Waals surface area contributed by atoms with Gasteiger partial charge in [-0.15, -0.1) is 0 Å². The number of aromatic nitrogens is 1. The lowest BCUT2D eigenvalue weighted by atomic mass is 10.0. The van der Waals surface area contributed by atoms with Crippen LogP contribution in [0, 0.1) is 6.92 Å². The zero-order chi connectivity index (χ0) is 20.1. The van der Waals surface area contributed by atoms with Crippen molar-refractivity contribution in [3.8, 4) is 0 Å². The third-order valence-corrected chi connectivity index (χ3v) is 5.95. The summed E-state index contributed by atoms with van der Waals surface area (Å²) in [5, 5.41) is 3.38. The van der Waals surface area contributed by atoms with Gasteiger partial charge in [-0.2, -0.15) is 0 Å². The summed E-state index contributed by atoms with van der Waals surface area (Å²) < 4.78 is 27.7. The number of nitrogens with one attached hydrogen (secondary N) is 2. The van der Waals surface area contributed by atoms with Gasteiger partial charge in [0.15, 0.2) is 0 Å². The predicted octanol–water partition coefficient (Wildman–Crippen LogP) is 5.06. The van der Waals surface area contributed by atoms with Crippen LogP contribution in [0.1, 0.15) is 30.5 Å². The fraction of sp³-hybridized carbons (Fsp3) is 0.227. The van der Waals surface area contributed by atoms with Crippen molar-refractivity contribution in [2.75, 3.05) is 10.0 Å². The van der Waals surface area contributed by atoms with Crippen molar-refractivity contribution in [3.63, 3.8) is 0 Å². The minimum Gasteiger partial charge on any atom is -0.340 e. The standard InChI is InChI=1S/C22H25N3O2S/c1-4-17-9-7-10-18(5-2)22(17)24-21-13-12-19(15-23-21)25-28(26,27)20-11-6-8-16(3)14-20/h6-15,25H,4-5H2,1-3H3,(H,23,24). The Labute approximate surface area is 166 Å². The van der Waals surface area contributed by atoms with E-state index in [9.17, 15) is 8.42 Å². The highest BCUT2D eigenvalue weighted by Gasteiger charge is 2.14. The number of nitrogens with zero attached hydrogens (tertiary/aromatic N) is 1. The van der Waals surface area contributed by atoms with E-state index in [0.717, 1.165) is 24.1 Å². The van der Waals surface area contributed by atoms with E-state index in [1.165, 1.54) is 17.3 Å². The molecule has 0 atom stereocenters. The molecule has 0 aliphatic rings. The lowest BCUT2D eigenvalue weighted by molar-refractivity contribution is 0.601. The Bertz CT molecular complexity index is 1040. The average molecular weight is 396 g/mol. The number of aryl methyl sites for hydroxylation is 3. The molecule has 0 radical (unpaired) electrons. The summed E-state index contributed by atoms with van der Waals surface area (Å²) in [6.07, 6.45) is 3.37. The third kappa shape index (κ3) is 4.51. The first-order valence-corrected chi connectivity index (χ1v) is 10.8. The number of para-hydroxylation sites is 1. The molecule has 3 aromatic rings. The van der Waals surface area contributed by atoms with E-state index >= 15 is 0 Å². The molecule has 28 heavy (non-hydrogen) atoms. The van der Waals surface area contributed by atoms with Crippen molar-refractivity contribution in [2.45, 2.75) is 38.5 Å². The van der Waals surface area contributed by atoms with E-state index < -0.39 is 10.0 Å². The first-order chi connectivity index (χ1) is 13.4. The normalized spacial score (nSPS) is 11.2. The number of hydrogen-bond donors (Lipinski definition) is 2. The molecule has 0 bridgehead atoms. The second-order valence-electron chi connectivity index (χ2n) is 6.64. The van der Waals surface area contributed by atoms with Crippen LogP contribution in [0.5, 0.6) is 0 Å². The van der Waals surface area contributed by atoms with Crippen LogP contribution in [-0.4, -0.2) is 13.4 Å². The number of anilines is 3. The molecule has 3 rings (SSSR count). The van der Waals surface area contributed by atoms with Crippen LogP contribution in [0.15, 0.2) is 65.7 Å². The molecule has 2 N–H and O–H groups in total. The Morgan fingerprint density at radius 2 is 1.61 bits per heavy atom. The molecule has 146 valence electrons. The van der Waals surface area contributed by atoms with E-state index in [1.54, 1.807) is 30.3 Å². The van der Waals surface area contributed by atoms with Crippen LogP contribution in [-0.2, 0) is 22.9 Å². The first-order valence-electron chi connectivity index (χ1n) is 9.36. The molecule has 6 heteroatoms. The molecule has 0 unspecified atom stereocenters. The third-order valence-electron chi connectivity index (χ3n) is 4.57. The molecule has 1 aromatic heterocycles. The fourth-order valence-corrected chi connectivity index (χ4v) is 4.20. The van der Waals surface area contributed by atoms with Gasteiger partial charge in [0.05, 0.1) is 16.8 Å². The summed E-state index contributed by atoms with van der Waals surface area (Å²) >= 11 is 0. The molecule has 1 heterocycles. The van der Waals surface area contributed by atoms with Crippen LogP contribution in [0.4, 0.5) is 17.2 Å². The van der Waals surface area contributed by atoms with Crippen molar-refractivity contribution in [1.29, 1.82) is 0 Å². The van der Waals surface area contributed by atoms with E-state index in [-0.39, 0.29) is 4.90 Å². The lowest BCUT2D eigenvalue weighted by Gasteiger charge is -2.15. The van der Waals surface area contributed by atoms with E-state index in [4.69, 9.17) is 0 Å². The quantitative estimate of drug-likeness (QED) is 0.587. The molecule has 0 aliphatic heterocycles. The molecule has 0 saturated heterocycles. The Morgan fingerprint density at radius 1 is 0.929 bits per heavy atom. The van der Waals surface area contributed by atoms with Crippen molar-refractivity contribution >= 4 is 27.2 Å². The highest BCUT2D eigenvalue weighted by atomic mass is 32.2. The highest BCUT2D eigenvalue weighted by Crippen LogP contribution is 2.26. The topological polar surface area (TPSA) is 71.1 Å². The van der Waals surface area contributed by atoms with Crippen LogP contribution in [0.3, 0.4) is 0 Å². The molecular weight excluding hydrogens is 370 g/mol. The van der Waals surface area contributed by atoms with Gasteiger partial charge >= 0.3 is 0 Å². The van der Waals surface area contributed by atoms with Crippen molar-refractivity contribution in [1.82, 2.24) is 4.98 Å². The first kappa shape index (κ1) is 19.9. The van der Waals surface area contributed by atoms with Crippen molar-refractivity contribution in [3.05, 3.63) is 77.5 Å². The molecule has 0 amide bonds. The second kappa shape index (κ2) is 8.44. The lowest BCUT2D eigenvalue weighted by Crippen LogP contribution is -2.13. The van der Waals surface area contributed by atoms with Crippen molar-refractivity contribution in [2.24, 2.45) is 0 Å². The summed E-state index contributed by atoms with van der Waals surface area (Å²) in [4.78, 5) is 4.62. The number of benzene rings is 2. The van der Waals surface area contributed by atoms with Gasteiger partial charge in [0.25, 0.3) is 10.0 Å². The summed E-state index contributed by atoms with van der Waals surface area (Å²) in [5.74, 6) is 0.675. The van der Waals surface area contributed by atoms with Gasteiger partial charge in [-0.3, -0.25) is 4.72 Å². The van der Waals surface area contributed by atoms with E-state index in [0.29, 0.717) is 11.5 Å². The van der Waals surface area contributed by atoms with Crippen LogP contribution in [0.25, 0.3) is 0 Å². The van der Waals surface area contributed by atoms with E-state index in [2.05, 4.69) is 47.1 Å². The number of pyridine rings is 1. The monoisotopic (exact) mass is 395 g/mol. The largest absolute Gasteiger partial charge is 0.340 e. The van der Waals surface area contributed by atoms with Gasteiger partial charge in [0, 0.05) is 5.69 Å². The second-order valence-corrected chi connectivity index (χ2v) is 8.32. The van der Waals surface area contributed by atoms with Gasteiger partial charge < -0.3 is 5.32 Å². The Morgan fingerprint density at radius 3 is 2.18 bits per heavy atom. The molecule has 0 fully saturated rings. The predicted molar refractivity (Wildman–Crippen MR) is 115 cm³/mol. The van der Waals surface area contributed by atoms with Gasteiger partial charge in [0.1, 0.15) is 5.82 Å². The molecule has 0 saturated carbocycles. The Balaban J connectivity index is 1.80. The summed E-state index contributed by atoms with van der Waals surface area (Å²) in [6, 6.07) is 16.6.